The fourth-order valence-corrected chi connectivity index (χ4v) is 3.53. The zero-order valence-electron chi connectivity index (χ0n) is 16.6. The van der Waals surface area contributed by atoms with Crippen LogP contribution in [0.25, 0.3) is 17.0 Å². The van der Waals surface area contributed by atoms with Gasteiger partial charge in [-0.15, -0.1) is 10.2 Å². The van der Waals surface area contributed by atoms with E-state index in [9.17, 15) is 4.79 Å². The van der Waals surface area contributed by atoms with Gasteiger partial charge < -0.3 is 9.88 Å². The summed E-state index contributed by atoms with van der Waals surface area (Å²) in [5.41, 5.74) is 4.03. The molecule has 0 saturated heterocycles. The number of carbonyl (C=O) groups is 1. The normalized spacial score (nSPS) is 15.8. The van der Waals surface area contributed by atoms with Gasteiger partial charge in [-0.1, -0.05) is 12.1 Å². The predicted molar refractivity (Wildman–Crippen MR) is 115 cm³/mol. The summed E-state index contributed by atoms with van der Waals surface area (Å²) < 4.78 is 2.10. The summed E-state index contributed by atoms with van der Waals surface area (Å²) in [5, 5.41) is 17.2. The number of nitrogens with one attached hydrogen (secondary N) is 1. The summed E-state index contributed by atoms with van der Waals surface area (Å²) in [6.45, 7) is 0. The van der Waals surface area contributed by atoms with E-state index in [1.54, 1.807) is 17.5 Å². The number of amides is 1. The molecule has 1 N–H and O–H groups in total. The van der Waals surface area contributed by atoms with Gasteiger partial charge in [-0.25, -0.2) is 0 Å². The maximum absolute atomic E-state index is 12.8. The highest BCUT2D eigenvalue weighted by Crippen LogP contribution is 2.37. The number of anilines is 1. The monoisotopic (exact) mass is 399 g/mol. The number of hydrazone groups is 1. The maximum atomic E-state index is 12.8. The van der Waals surface area contributed by atoms with Gasteiger partial charge in [0.1, 0.15) is 12.0 Å². The minimum atomic E-state index is -0.254. The standard InChI is InChI=1S/C22H21N7O/c1-28-13-17(8-10-25-28)15-7-9-23-20(12-15)22(30)26-18-4-2-3-16(11-18)21-27-24-14-29(21)19-5-6-19/h2-4,7,9-14,19H,5-6,8H2,1H3,(H,26,30). The molecule has 1 aromatic carbocycles. The topological polar surface area (TPSA) is 88.3 Å². The number of nitrogens with zero attached hydrogens (tertiary/aromatic N) is 6. The van der Waals surface area contributed by atoms with E-state index in [1.165, 1.54) is 0 Å². The van der Waals surface area contributed by atoms with Gasteiger partial charge in [-0.2, -0.15) is 5.10 Å². The molecule has 2 aliphatic rings. The van der Waals surface area contributed by atoms with E-state index in [2.05, 4.69) is 30.2 Å². The second-order valence-corrected chi connectivity index (χ2v) is 7.49. The second kappa shape index (κ2) is 7.55. The van der Waals surface area contributed by atoms with E-state index < -0.39 is 0 Å². The van der Waals surface area contributed by atoms with Crippen LogP contribution in [0, 0.1) is 0 Å². The van der Waals surface area contributed by atoms with E-state index in [4.69, 9.17) is 0 Å². The van der Waals surface area contributed by atoms with Crippen LogP contribution < -0.4 is 5.32 Å². The Balaban J connectivity index is 1.36. The Hall–Kier alpha value is -3.81. The van der Waals surface area contributed by atoms with Gasteiger partial charge in [0.05, 0.1) is 0 Å². The number of rotatable bonds is 5. The Bertz CT molecular complexity index is 1160. The Morgan fingerprint density at radius 2 is 2.07 bits per heavy atom. The molecule has 0 bridgehead atoms. The van der Waals surface area contributed by atoms with Gasteiger partial charge >= 0.3 is 0 Å². The highest BCUT2D eigenvalue weighted by atomic mass is 16.1. The van der Waals surface area contributed by atoms with Crippen molar-refractivity contribution in [3.05, 3.63) is 66.4 Å². The molecule has 1 aliphatic carbocycles. The van der Waals surface area contributed by atoms with Crippen molar-refractivity contribution in [2.45, 2.75) is 25.3 Å². The van der Waals surface area contributed by atoms with Gasteiger partial charge in [0.25, 0.3) is 5.91 Å². The van der Waals surface area contributed by atoms with Crippen molar-refractivity contribution >= 4 is 23.4 Å². The average Bonchev–Trinajstić information content (AvgIpc) is 3.50. The van der Waals surface area contributed by atoms with Crippen LogP contribution in [0.4, 0.5) is 5.69 Å². The number of hydrogen-bond acceptors (Lipinski definition) is 6. The number of pyridine rings is 1. The van der Waals surface area contributed by atoms with Crippen molar-refractivity contribution in [1.29, 1.82) is 0 Å². The third kappa shape index (κ3) is 3.71. The largest absolute Gasteiger partial charge is 0.321 e. The van der Waals surface area contributed by atoms with Crippen molar-refractivity contribution in [3.8, 4) is 11.4 Å². The predicted octanol–water partition coefficient (Wildman–Crippen LogP) is 3.59. The first-order chi connectivity index (χ1) is 14.7. The quantitative estimate of drug-likeness (QED) is 0.708. The molecule has 30 heavy (non-hydrogen) atoms. The van der Waals surface area contributed by atoms with Gasteiger partial charge in [0.15, 0.2) is 5.82 Å². The zero-order chi connectivity index (χ0) is 20.5. The van der Waals surface area contributed by atoms with Gasteiger partial charge in [0, 0.05) is 49.4 Å². The molecule has 8 nitrogen and oxygen atoms in total. The van der Waals surface area contributed by atoms with Crippen LogP contribution in [0.15, 0.2) is 60.2 Å². The number of carbonyl (C=O) groups excluding carboxylic acids is 1. The van der Waals surface area contributed by atoms with Crippen LogP contribution in [0.5, 0.6) is 0 Å². The molecule has 0 atom stereocenters. The smallest absolute Gasteiger partial charge is 0.274 e. The van der Waals surface area contributed by atoms with E-state index in [1.807, 2.05) is 55.9 Å². The summed E-state index contributed by atoms with van der Waals surface area (Å²) in [6, 6.07) is 11.9. The second-order valence-electron chi connectivity index (χ2n) is 7.49. The number of allylic oxidation sites excluding steroid dienone is 1. The molecule has 1 saturated carbocycles. The van der Waals surface area contributed by atoms with Crippen molar-refractivity contribution in [2.75, 3.05) is 12.4 Å². The third-order valence-electron chi connectivity index (χ3n) is 5.17. The lowest BCUT2D eigenvalue weighted by Gasteiger charge is -2.16. The van der Waals surface area contributed by atoms with Crippen molar-refractivity contribution < 1.29 is 4.79 Å². The first-order valence-electron chi connectivity index (χ1n) is 9.91. The van der Waals surface area contributed by atoms with Crippen molar-refractivity contribution in [2.24, 2.45) is 5.10 Å². The van der Waals surface area contributed by atoms with Crippen molar-refractivity contribution in [1.82, 2.24) is 24.8 Å². The molecule has 0 spiro atoms. The number of hydrogen-bond donors (Lipinski definition) is 1. The summed E-state index contributed by atoms with van der Waals surface area (Å²) in [5.74, 6) is 0.569. The Morgan fingerprint density at radius 1 is 1.17 bits per heavy atom. The van der Waals surface area contributed by atoms with Crippen molar-refractivity contribution in [3.63, 3.8) is 0 Å². The maximum Gasteiger partial charge on any atom is 0.274 e. The molecule has 2 aromatic heterocycles. The Morgan fingerprint density at radius 3 is 2.90 bits per heavy atom. The fraction of sp³-hybridized carbons (Fsp3) is 0.227. The highest BCUT2D eigenvalue weighted by molar-refractivity contribution is 6.03. The van der Waals surface area contributed by atoms with E-state index in [-0.39, 0.29) is 5.91 Å². The molecule has 1 fully saturated rings. The van der Waals surface area contributed by atoms with Crippen LogP contribution >= 0.6 is 0 Å². The molecule has 1 amide bonds. The van der Waals surface area contributed by atoms with E-state index in [0.29, 0.717) is 17.4 Å². The average molecular weight is 399 g/mol. The Kier molecular flexibility index (Phi) is 4.59. The number of benzene rings is 1. The van der Waals surface area contributed by atoms with Crippen LogP contribution in [0.1, 0.15) is 41.4 Å². The first kappa shape index (κ1) is 18.2. The summed E-state index contributed by atoms with van der Waals surface area (Å²) in [7, 11) is 1.88. The SMILES string of the molecule is CN1C=C(c2ccnc(C(=O)Nc3cccc(-c4nncn4C4CC4)c3)c2)CC=N1. The fourth-order valence-electron chi connectivity index (χ4n) is 3.53. The van der Waals surface area contributed by atoms with Gasteiger partial charge in [0.2, 0.25) is 0 Å². The molecule has 1 aliphatic heterocycles. The summed E-state index contributed by atoms with van der Waals surface area (Å²) >= 11 is 0. The molecule has 3 heterocycles. The third-order valence-corrected chi connectivity index (χ3v) is 5.17. The lowest BCUT2D eigenvalue weighted by molar-refractivity contribution is 0.102. The van der Waals surface area contributed by atoms with Crippen LogP contribution in [-0.4, -0.2) is 43.9 Å². The summed E-state index contributed by atoms with van der Waals surface area (Å²) in [6.07, 6.45) is 10.3. The lowest BCUT2D eigenvalue weighted by atomic mass is 10.0. The molecular weight excluding hydrogens is 378 g/mol. The van der Waals surface area contributed by atoms with Crippen LogP contribution in [0.2, 0.25) is 0 Å². The molecular formula is C22H21N7O. The molecule has 0 unspecified atom stereocenters. The molecule has 8 heteroatoms. The van der Waals surface area contributed by atoms with Gasteiger partial charge in [-0.05, 0) is 48.2 Å². The Labute approximate surface area is 174 Å². The number of aromatic nitrogens is 4. The lowest BCUT2D eigenvalue weighted by Crippen LogP contribution is -2.14. The molecule has 5 rings (SSSR count). The minimum absolute atomic E-state index is 0.254. The zero-order valence-corrected chi connectivity index (χ0v) is 16.6. The molecule has 3 aromatic rings. The molecule has 0 radical (unpaired) electrons. The van der Waals surface area contributed by atoms with Crippen LogP contribution in [-0.2, 0) is 0 Å². The van der Waals surface area contributed by atoms with Gasteiger partial charge in [-0.3, -0.25) is 14.8 Å². The van der Waals surface area contributed by atoms with Crippen LogP contribution in [0.3, 0.4) is 0 Å². The van der Waals surface area contributed by atoms with E-state index >= 15 is 0 Å². The first-order valence-corrected chi connectivity index (χ1v) is 9.91. The summed E-state index contributed by atoms with van der Waals surface area (Å²) in [4.78, 5) is 17.1. The highest BCUT2D eigenvalue weighted by Gasteiger charge is 2.26. The minimum Gasteiger partial charge on any atom is -0.321 e. The molecule has 150 valence electrons. The van der Waals surface area contributed by atoms with E-state index in [0.717, 1.165) is 41.8 Å².